The summed E-state index contributed by atoms with van der Waals surface area (Å²) in [6.45, 7) is 0. The molecule has 3 amide bonds. The van der Waals surface area contributed by atoms with Crippen molar-refractivity contribution in [2.24, 2.45) is 0 Å². The summed E-state index contributed by atoms with van der Waals surface area (Å²) in [6.07, 6.45) is 0. The van der Waals surface area contributed by atoms with Crippen LogP contribution in [0.3, 0.4) is 0 Å². The molecular weight excluding hydrogens is 482 g/mol. The van der Waals surface area contributed by atoms with Crippen molar-refractivity contribution >= 4 is 62.3 Å². The van der Waals surface area contributed by atoms with E-state index in [9.17, 15) is 14.4 Å². The van der Waals surface area contributed by atoms with E-state index >= 15 is 0 Å². The second kappa shape index (κ2) is 8.75. The van der Waals surface area contributed by atoms with Gasteiger partial charge in [-0.05, 0) is 54.6 Å². The molecule has 6 nitrogen and oxygen atoms in total. The number of hydrogen-bond acceptors (Lipinski definition) is 4. The van der Waals surface area contributed by atoms with E-state index in [1.165, 1.54) is 0 Å². The molecule has 1 aliphatic heterocycles. The van der Waals surface area contributed by atoms with Crippen LogP contribution in [0.2, 0.25) is 0 Å². The van der Waals surface area contributed by atoms with Gasteiger partial charge in [0.1, 0.15) is 10.7 Å². The van der Waals surface area contributed by atoms with Crippen molar-refractivity contribution in [3.05, 3.63) is 99.6 Å². The van der Waals surface area contributed by atoms with Gasteiger partial charge in [0, 0.05) is 21.4 Å². The van der Waals surface area contributed by atoms with Crippen molar-refractivity contribution in [3.63, 3.8) is 0 Å². The highest BCUT2D eigenvalue weighted by Gasteiger charge is 2.38. The zero-order valence-corrected chi connectivity index (χ0v) is 18.3. The zero-order chi connectivity index (χ0) is 22.0. The van der Waals surface area contributed by atoms with E-state index in [-0.39, 0.29) is 16.6 Å². The summed E-state index contributed by atoms with van der Waals surface area (Å²) in [5.41, 5.74) is 1.86. The standard InChI is InChI=1S/C23H15BrClN3O3/c24-15-9-11-16(12-10-15)27-21(29)14-5-4-6-17(13-14)26-20-19(25)22(30)28(23(20)31)18-7-2-1-3-8-18/h1-13,26H,(H,27,29). The van der Waals surface area contributed by atoms with Gasteiger partial charge >= 0.3 is 0 Å². The highest BCUT2D eigenvalue weighted by Crippen LogP contribution is 2.30. The highest BCUT2D eigenvalue weighted by atomic mass is 79.9. The topological polar surface area (TPSA) is 78.5 Å². The van der Waals surface area contributed by atoms with Crippen LogP contribution < -0.4 is 15.5 Å². The van der Waals surface area contributed by atoms with E-state index in [1.807, 2.05) is 12.1 Å². The van der Waals surface area contributed by atoms with Crippen LogP contribution in [-0.4, -0.2) is 17.7 Å². The van der Waals surface area contributed by atoms with Crippen molar-refractivity contribution in [2.75, 3.05) is 15.5 Å². The molecule has 4 rings (SSSR count). The fourth-order valence-electron chi connectivity index (χ4n) is 3.04. The maximum absolute atomic E-state index is 12.8. The lowest BCUT2D eigenvalue weighted by molar-refractivity contribution is -0.120. The Labute approximate surface area is 191 Å². The molecule has 2 N–H and O–H groups in total. The van der Waals surface area contributed by atoms with E-state index in [2.05, 4.69) is 26.6 Å². The van der Waals surface area contributed by atoms with Gasteiger partial charge in [-0.25, -0.2) is 4.90 Å². The largest absolute Gasteiger partial charge is 0.350 e. The van der Waals surface area contributed by atoms with Crippen LogP contribution in [0, 0.1) is 0 Å². The summed E-state index contributed by atoms with van der Waals surface area (Å²) < 4.78 is 0.905. The van der Waals surface area contributed by atoms with E-state index < -0.39 is 11.8 Å². The van der Waals surface area contributed by atoms with E-state index in [4.69, 9.17) is 11.6 Å². The molecule has 0 atom stereocenters. The van der Waals surface area contributed by atoms with Crippen molar-refractivity contribution in [1.29, 1.82) is 0 Å². The Morgan fingerprint density at radius 2 is 1.55 bits per heavy atom. The van der Waals surface area contributed by atoms with Crippen molar-refractivity contribution in [1.82, 2.24) is 0 Å². The first-order chi connectivity index (χ1) is 14.9. The number of amides is 3. The van der Waals surface area contributed by atoms with Gasteiger partial charge in [0.2, 0.25) is 0 Å². The first-order valence-corrected chi connectivity index (χ1v) is 10.4. The molecule has 154 valence electrons. The maximum atomic E-state index is 12.8. The Kier molecular flexibility index (Phi) is 5.88. The number of carbonyl (C=O) groups is 3. The second-order valence-electron chi connectivity index (χ2n) is 6.64. The Balaban J connectivity index is 1.53. The summed E-state index contributed by atoms with van der Waals surface area (Å²) in [6, 6.07) is 22.3. The molecule has 0 aromatic heterocycles. The fraction of sp³-hybridized carbons (Fsp3) is 0. The zero-order valence-electron chi connectivity index (χ0n) is 15.9. The fourth-order valence-corrected chi connectivity index (χ4v) is 3.52. The number of halogens is 2. The number of nitrogens with zero attached hydrogens (tertiary/aromatic N) is 1. The summed E-state index contributed by atoms with van der Waals surface area (Å²) >= 11 is 9.51. The average Bonchev–Trinajstić information content (AvgIpc) is 2.99. The number of hydrogen-bond donors (Lipinski definition) is 2. The minimum atomic E-state index is -0.607. The maximum Gasteiger partial charge on any atom is 0.283 e. The molecule has 3 aromatic carbocycles. The van der Waals surface area contributed by atoms with Crippen LogP contribution in [-0.2, 0) is 9.59 Å². The Morgan fingerprint density at radius 1 is 0.839 bits per heavy atom. The van der Waals surface area contributed by atoms with Gasteiger partial charge in [-0.1, -0.05) is 51.8 Å². The lowest BCUT2D eigenvalue weighted by atomic mass is 10.1. The van der Waals surface area contributed by atoms with E-state index in [0.29, 0.717) is 22.6 Å². The van der Waals surface area contributed by atoms with Crippen LogP contribution in [0.25, 0.3) is 0 Å². The van der Waals surface area contributed by atoms with Gasteiger partial charge in [0.15, 0.2) is 0 Å². The molecular formula is C23H15BrClN3O3. The van der Waals surface area contributed by atoms with Crippen molar-refractivity contribution in [2.45, 2.75) is 0 Å². The molecule has 3 aromatic rings. The van der Waals surface area contributed by atoms with Crippen LogP contribution in [0.1, 0.15) is 10.4 Å². The Morgan fingerprint density at radius 3 is 2.26 bits per heavy atom. The number of para-hydroxylation sites is 1. The van der Waals surface area contributed by atoms with Crippen molar-refractivity contribution < 1.29 is 14.4 Å². The summed E-state index contributed by atoms with van der Waals surface area (Å²) in [5, 5.41) is 5.48. The van der Waals surface area contributed by atoms with E-state index in [1.54, 1.807) is 66.7 Å². The monoisotopic (exact) mass is 495 g/mol. The second-order valence-corrected chi connectivity index (χ2v) is 7.93. The molecule has 0 unspecified atom stereocenters. The molecule has 0 fully saturated rings. The normalized spacial score (nSPS) is 13.5. The lowest BCUT2D eigenvalue weighted by Gasteiger charge is -2.15. The van der Waals surface area contributed by atoms with Gasteiger partial charge < -0.3 is 10.6 Å². The number of anilines is 3. The first-order valence-electron chi connectivity index (χ1n) is 9.21. The summed E-state index contributed by atoms with van der Waals surface area (Å²) in [4.78, 5) is 39.0. The van der Waals surface area contributed by atoms with Gasteiger partial charge in [-0.15, -0.1) is 0 Å². The lowest BCUT2D eigenvalue weighted by Crippen LogP contribution is -2.32. The summed E-state index contributed by atoms with van der Waals surface area (Å²) in [7, 11) is 0. The van der Waals surface area contributed by atoms with Crippen LogP contribution in [0.15, 0.2) is 94.1 Å². The van der Waals surface area contributed by atoms with Crippen LogP contribution in [0.4, 0.5) is 17.1 Å². The Bertz CT molecular complexity index is 1210. The number of carbonyl (C=O) groups excluding carboxylic acids is 3. The molecule has 1 heterocycles. The predicted octanol–water partition coefficient (Wildman–Crippen LogP) is 5.14. The van der Waals surface area contributed by atoms with E-state index in [0.717, 1.165) is 9.37 Å². The van der Waals surface area contributed by atoms with Crippen molar-refractivity contribution in [3.8, 4) is 0 Å². The van der Waals surface area contributed by atoms with Crippen LogP contribution >= 0.6 is 27.5 Å². The molecule has 0 saturated carbocycles. The minimum Gasteiger partial charge on any atom is -0.350 e. The van der Waals surface area contributed by atoms with Gasteiger partial charge in [-0.3, -0.25) is 14.4 Å². The summed E-state index contributed by atoms with van der Waals surface area (Å²) in [5.74, 6) is -1.48. The number of benzene rings is 3. The highest BCUT2D eigenvalue weighted by molar-refractivity contribution is 9.10. The SMILES string of the molecule is O=C(Nc1ccc(Br)cc1)c1cccc(NC2=C(Cl)C(=O)N(c3ccccc3)C2=O)c1. The number of imide groups is 1. The first kappa shape index (κ1) is 20.8. The molecule has 1 aliphatic rings. The molecule has 0 bridgehead atoms. The minimum absolute atomic E-state index is 0.0408. The van der Waals surface area contributed by atoms with Gasteiger partial charge in [0.25, 0.3) is 17.7 Å². The Hall–Kier alpha value is -3.42. The molecule has 0 spiro atoms. The quantitative estimate of drug-likeness (QED) is 0.480. The number of nitrogens with one attached hydrogen (secondary N) is 2. The third-order valence-electron chi connectivity index (χ3n) is 4.54. The average molecular weight is 497 g/mol. The third kappa shape index (κ3) is 4.38. The predicted molar refractivity (Wildman–Crippen MR) is 124 cm³/mol. The smallest absolute Gasteiger partial charge is 0.283 e. The molecule has 0 radical (unpaired) electrons. The third-order valence-corrected chi connectivity index (χ3v) is 5.42. The molecule has 8 heteroatoms. The molecule has 31 heavy (non-hydrogen) atoms. The number of rotatable bonds is 5. The molecule has 0 aliphatic carbocycles. The van der Waals surface area contributed by atoms with Crippen LogP contribution in [0.5, 0.6) is 0 Å². The van der Waals surface area contributed by atoms with Gasteiger partial charge in [-0.2, -0.15) is 0 Å². The molecule has 0 saturated heterocycles. The van der Waals surface area contributed by atoms with Gasteiger partial charge in [0.05, 0.1) is 5.69 Å².